The smallest absolute Gasteiger partial charge is 0.291 e. The molecular formula is C18H21FN3O3+. The quantitative estimate of drug-likeness (QED) is 0.774. The fourth-order valence-corrected chi connectivity index (χ4v) is 4.71. The zero-order valence-electron chi connectivity index (χ0n) is 14.2. The van der Waals surface area contributed by atoms with Crippen LogP contribution in [0.25, 0.3) is 0 Å². The van der Waals surface area contributed by atoms with Crippen molar-refractivity contribution in [3.63, 3.8) is 0 Å². The van der Waals surface area contributed by atoms with Crippen molar-refractivity contribution in [2.75, 3.05) is 11.9 Å². The molecule has 3 heterocycles. The molecule has 132 valence electrons. The van der Waals surface area contributed by atoms with Crippen LogP contribution in [-0.2, 0) is 19.9 Å². The summed E-state index contributed by atoms with van der Waals surface area (Å²) in [5, 5.41) is 4.54. The number of nitrogens with zero attached hydrogens (tertiary/aromatic N) is 1. The third kappa shape index (κ3) is 1.96. The van der Waals surface area contributed by atoms with Crippen molar-refractivity contribution < 1.29 is 24.1 Å². The first kappa shape index (κ1) is 16.2. The lowest BCUT2D eigenvalue weighted by Gasteiger charge is -2.25. The zero-order valence-corrected chi connectivity index (χ0v) is 14.2. The van der Waals surface area contributed by atoms with E-state index in [0.29, 0.717) is 17.8 Å². The Morgan fingerprint density at radius 1 is 1.28 bits per heavy atom. The molecule has 3 aliphatic heterocycles. The van der Waals surface area contributed by atoms with Crippen LogP contribution in [0.5, 0.6) is 0 Å². The van der Waals surface area contributed by atoms with Gasteiger partial charge >= 0.3 is 0 Å². The maximum absolute atomic E-state index is 13.9. The first-order valence-corrected chi connectivity index (χ1v) is 8.74. The van der Waals surface area contributed by atoms with E-state index in [1.807, 2.05) is 13.8 Å². The number of anilines is 1. The second kappa shape index (κ2) is 5.36. The fraction of sp³-hybridized carbons (Fsp3) is 0.500. The Labute approximate surface area is 144 Å². The normalized spacial score (nSPS) is 33.2. The first-order valence-electron chi connectivity index (χ1n) is 8.74. The van der Waals surface area contributed by atoms with Crippen LogP contribution >= 0.6 is 0 Å². The number of imide groups is 1. The highest BCUT2D eigenvalue weighted by atomic mass is 19.1. The third-order valence-electron chi connectivity index (χ3n) is 5.81. The van der Waals surface area contributed by atoms with Gasteiger partial charge in [0, 0.05) is 12.1 Å². The molecule has 0 saturated carbocycles. The molecule has 3 aliphatic rings. The highest BCUT2D eigenvalue weighted by molar-refractivity contribution is 6.13. The predicted molar refractivity (Wildman–Crippen MR) is 86.7 cm³/mol. The van der Waals surface area contributed by atoms with Crippen LogP contribution in [0.4, 0.5) is 10.1 Å². The summed E-state index contributed by atoms with van der Waals surface area (Å²) in [5.41, 5.74) is -0.270. The van der Waals surface area contributed by atoms with Crippen LogP contribution in [-0.4, -0.2) is 35.2 Å². The van der Waals surface area contributed by atoms with Gasteiger partial charge in [0.2, 0.25) is 17.4 Å². The molecule has 4 atom stereocenters. The van der Waals surface area contributed by atoms with E-state index in [9.17, 15) is 18.8 Å². The molecule has 0 unspecified atom stereocenters. The molecule has 1 aromatic rings. The SMILES string of the molecule is CCCCN1C(=O)[C@@H]2[C@H](C)[NH2+][C@]3(C(=O)Nc4ccc(F)cc43)[C@@H]2C1=O. The number of benzene rings is 1. The minimum atomic E-state index is -1.25. The van der Waals surface area contributed by atoms with Crippen molar-refractivity contribution in [3.8, 4) is 0 Å². The molecule has 1 spiro atoms. The van der Waals surface area contributed by atoms with Gasteiger partial charge in [0.15, 0.2) is 0 Å². The lowest BCUT2D eigenvalue weighted by atomic mass is 9.76. The first-order chi connectivity index (χ1) is 11.9. The number of hydrogen-bond donors (Lipinski definition) is 2. The number of nitrogens with one attached hydrogen (secondary N) is 1. The summed E-state index contributed by atoms with van der Waals surface area (Å²) >= 11 is 0. The number of unbranched alkanes of at least 4 members (excludes halogenated alkanes) is 1. The Morgan fingerprint density at radius 2 is 2.04 bits per heavy atom. The lowest BCUT2D eigenvalue weighted by molar-refractivity contribution is -0.730. The molecule has 3 N–H and O–H groups in total. The van der Waals surface area contributed by atoms with Gasteiger partial charge in [-0.2, -0.15) is 0 Å². The fourth-order valence-electron chi connectivity index (χ4n) is 4.71. The van der Waals surface area contributed by atoms with Crippen molar-refractivity contribution in [1.29, 1.82) is 0 Å². The van der Waals surface area contributed by atoms with Gasteiger partial charge in [-0.25, -0.2) is 4.39 Å². The van der Waals surface area contributed by atoms with E-state index in [1.54, 1.807) is 5.32 Å². The number of hydrogen-bond acceptors (Lipinski definition) is 3. The monoisotopic (exact) mass is 346 g/mol. The number of carbonyl (C=O) groups is 3. The van der Waals surface area contributed by atoms with Crippen LogP contribution in [0.15, 0.2) is 18.2 Å². The Balaban J connectivity index is 1.83. The Kier molecular flexibility index (Phi) is 3.47. The highest BCUT2D eigenvalue weighted by Gasteiger charge is 2.73. The minimum Gasteiger partial charge on any atom is -0.326 e. The maximum Gasteiger partial charge on any atom is 0.291 e. The molecule has 4 rings (SSSR count). The van der Waals surface area contributed by atoms with Gasteiger partial charge in [-0.3, -0.25) is 19.3 Å². The summed E-state index contributed by atoms with van der Waals surface area (Å²) in [7, 11) is 0. The van der Waals surface area contributed by atoms with Gasteiger partial charge in [-0.05, 0) is 31.5 Å². The van der Waals surface area contributed by atoms with Crippen molar-refractivity contribution in [2.24, 2.45) is 11.8 Å². The summed E-state index contributed by atoms with van der Waals surface area (Å²) in [4.78, 5) is 40.1. The maximum atomic E-state index is 13.9. The molecule has 0 aromatic heterocycles. The number of rotatable bonds is 3. The summed E-state index contributed by atoms with van der Waals surface area (Å²) in [6.07, 6.45) is 1.60. The largest absolute Gasteiger partial charge is 0.326 e. The number of nitrogens with two attached hydrogens (primary N) is 1. The van der Waals surface area contributed by atoms with Gasteiger partial charge in [-0.1, -0.05) is 13.3 Å². The average molecular weight is 346 g/mol. The standard InChI is InChI=1S/C18H20FN3O3/c1-3-4-7-22-15(23)13-9(2)21-18(14(13)16(22)24)11-8-10(19)5-6-12(11)20-17(18)25/h5-6,8-9,13-14,21H,3-4,7H2,1-2H3,(H,20,25)/p+1/t9-,13+,14-,18-/m0/s1. The molecule has 6 nitrogen and oxygen atoms in total. The average Bonchev–Trinajstić information content (AvgIpc) is 3.12. The topological polar surface area (TPSA) is 83.1 Å². The second-order valence-electron chi connectivity index (χ2n) is 7.22. The van der Waals surface area contributed by atoms with E-state index in [2.05, 4.69) is 5.32 Å². The van der Waals surface area contributed by atoms with Crippen LogP contribution in [0.2, 0.25) is 0 Å². The summed E-state index contributed by atoms with van der Waals surface area (Å²) in [6, 6.07) is 3.88. The Bertz CT molecular complexity index is 796. The van der Waals surface area contributed by atoms with E-state index in [1.165, 1.54) is 23.1 Å². The van der Waals surface area contributed by atoms with E-state index < -0.39 is 23.2 Å². The highest BCUT2D eigenvalue weighted by Crippen LogP contribution is 2.48. The Morgan fingerprint density at radius 3 is 2.76 bits per heavy atom. The van der Waals surface area contributed by atoms with Crippen LogP contribution in [0, 0.1) is 17.7 Å². The molecule has 1 aromatic carbocycles. The minimum absolute atomic E-state index is 0.207. The number of carbonyl (C=O) groups excluding carboxylic acids is 3. The third-order valence-corrected chi connectivity index (χ3v) is 5.81. The van der Waals surface area contributed by atoms with E-state index in [0.717, 1.165) is 12.8 Å². The van der Waals surface area contributed by atoms with Crippen molar-refractivity contribution >= 4 is 23.4 Å². The van der Waals surface area contributed by atoms with Crippen molar-refractivity contribution in [3.05, 3.63) is 29.6 Å². The second-order valence-corrected chi connectivity index (χ2v) is 7.22. The number of likely N-dealkylation sites (tertiary alicyclic amines) is 1. The predicted octanol–water partition coefficient (Wildman–Crippen LogP) is 0.340. The lowest BCUT2D eigenvalue weighted by Crippen LogP contribution is -2.98. The van der Waals surface area contributed by atoms with Gasteiger partial charge in [0.05, 0.1) is 11.7 Å². The van der Waals surface area contributed by atoms with Crippen LogP contribution in [0.3, 0.4) is 0 Å². The van der Waals surface area contributed by atoms with Gasteiger partial charge < -0.3 is 10.6 Å². The summed E-state index contributed by atoms with van der Waals surface area (Å²) < 4.78 is 13.9. The van der Waals surface area contributed by atoms with E-state index >= 15 is 0 Å². The van der Waals surface area contributed by atoms with Gasteiger partial charge in [-0.15, -0.1) is 0 Å². The molecule has 25 heavy (non-hydrogen) atoms. The number of fused-ring (bicyclic) bond motifs is 4. The van der Waals surface area contributed by atoms with Crippen LogP contribution < -0.4 is 10.6 Å². The molecule has 3 amide bonds. The molecule has 2 fully saturated rings. The Hall–Kier alpha value is -2.28. The van der Waals surface area contributed by atoms with Gasteiger partial charge in [0.1, 0.15) is 17.7 Å². The van der Waals surface area contributed by atoms with Gasteiger partial charge in [0.25, 0.3) is 5.91 Å². The molecule has 0 bridgehead atoms. The molecule has 7 heteroatoms. The van der Waals surface area contributed by atoms with E-state index in [4.69, 9.17) is 0 Å². The van der Waals surface area contributed by atoms with Crippen molar-refractivity contribution in [2.45, 2.75) is 38.3 Å². The van der Waals surface area contributed by atoms with Crippen LogP contribution in [0.1, 0.15) is 32.3 Å². The molecule has 0 aliphatic carbocycles. The molecule has 2 saturated heterocycles. The molecular weight excluding hydrogens is 325 g/mol. The number of quaternary nitrogens is 1. The molecule has 0 radical (unpaired) electrons. The summed E-state index contributed by atoms with van der Waals surface area (Å²) in [6.45, 7) is 4.22. The zero-order chi connectivity index (χ0) is 17.9. The number of halogens is 1. The van der Waals surface area contributed by atoms with Crippen molar-refractivity contribution in [1.82, 2.24) is 4.90 Å². The number of amides is 3. The van der Waals surface area contributed by atoms with E-state index in [-0.39, 0.29) is 23.8 Å². The summed E-state index contributed by atoms with van der Waals surface area (Å²) in [5.74, 6) is -2.65.